The summed E-state index contributed by atoms with van der Waals surface area (Å²) in [5, 5.41) is 3.18. The average Bonchev–Trinajstić information content (AvgIpc) is 2.77. The maximum atomic E-state index is 13.8. The van der Waals surface area contributed by atoms with Gasteiger partial charge in [-0.25, -0.2) is 4.39 Å². The van der Waals surface area contributed by atoms with Gasteiger partial charge in [-0.05, 0) is 44.3 Å². The first-order chi connectivity index (χ1) is 8.11. The van der Waals surface area contributed by atoms with E-state index in [1.807, 2.05) is 25.2 Å². The molecule has 1 N–H and O–H groups in total. The van der Waals surface area contributed by atoms with Crippen LogP contribution in [0.3, 0.4) is 0 Å². The molecule has 1 nitrogen and oxygen atoms in total. The van der Waals surface area contributed by atoms with Gasteiger partial charge >= 0.3 is 0 Å². The summed E-state index contributed by atoms with van der Waals surface area (Å²) in [6.07, 6.45) is 0. The standard InChI is InChI=1S/C13H13BrFNS/c1-8(16-2)12-5-6-13(17-12)10-4-3-9(14)7-11(10)15/h3-8,16H,1-2H3. The van der Waals surface area contributed by atoms with E-state index in [9.17, 15) is 4.39 Å². The highest BCUT2D eigenvalue weighted by molar-refractivity contribution is 9.10. The molecular weight excluding hydrogens is 301 g/mol. The van der Waals surface area contributed by atoms with Crippen molar-refractivity contribution in [2.24, 2.45) is 0 Å². The predicted octanol–water partition coefficient (Wildman–Crippen LogP) is 4.60. The Balaban J connectivity index is 2.37. The van der Waals surface area contributed by atoms with Crippen LogP contribution in [0, 0.1) is 5.82 Å². The van der Waals surface area contributed by atoms with Gasteiger partial charge in [0.15, 0.2) is 0 Å². The second kappa shape index (κ2) is 5.29. The molecule has 0 radical (unpaired) electrons. The zero-order chi connectivity index (χ0) is 12.4. The number of nitrogens with one attached hydrogen (secondary N) is 1. The van der Waals surface area contributed by atoms with Gasteiger partial charge in [-0.15, -0.1) is 11.3 Å². The molecule has 90 valence electrons. The van der Waals surface area contributed by atoms with E-state index in [1.54, 1.807) is 17.4 Å². The molecule has 0 aliphatic heterocycles. The Hall–Kier alpha value is -0.710. The van der Waals surface area contributed by atoms with E-state index in [-0.39, 0.29) is 5.82 Å². The molecule has 1 aromatic heterocycles. The molecule has 0 amide bonds. The SMILES string of the molecule is CNC(C)c1ccc(-c2ccc(Br)cc2F)s1. The van der Waals surface area contributed by atoms with Gasteiger partial charge in [-0.1, -0.05) is 15.9 Å². The van der Waals surface area contributed by atoms with E-state index in [2.05, 4.69) is 28.2 Å². The van der Waals surface area contributed by atoms with Crippen LogP contribution in [-0.2, 0) is 0 Å². The summed E-state index contributed by atoms with van der Waals surface area (Å²) in [7, 11) is 1.92. The van der Waals surface area contributed by atoms with E-state index in [0.717, 1.165) is 9.35 Å². The fourth-order valence-electron chi connectivity index (χ4n) is 1.56. The minimum absolute atomic E-state index is 0.190. The van der Waals surface area contributed by atoms with Crippen LogP contribution in [0.15, 0.2) is 34.8 Å². The van der Waals surface area contributed by atoms with E-state index in [0.29, 0.717) is 11.6 Å². The summed E-state index contributed by atoms with van der Waals surface area (Å²) in [6, 6.07) is 9.48. The Kier molecular flexibility index (Phi) is 3.97. The number of rotatable bonds is 3. The maximum absolute atomic E-state index is 13.8. The molecule has 2 rings (SSSR count). The molecule has 1 heterocycles. The summed E-state index contributed by atoms with van der Waals surface area (Å²) in [5.74, 6) is -0.190. The van der Waals surface area contributed by atoms with Crippen molar-refractivity contribution in [3.8, 4) is 10.4 Å². The van der Waals surface area contributed by atoms with Gasteiger partial charge in [-0.2, -0.15) is 0 Å². The fourth-order valence-corrected chi connectivity index (χ4v) is 2.99. The van der Waals surface area contributed by atoms with Crippen LogP contribution in [0.2, 0.25) is 0 Å². The zero-order valence-electron chi connectivity index (χ0n) is 9.63. The molecule has 0 saturated carbocycles. The van der Waals surface area contributed by atoms with Gasteiger partial charge in [0.2, 0.25) is 0 Å². The number of halogens is 2. The summed E-state index contributed by atoms with van der Waals surface area (Å²) in [5.41, 5.74) is 0.660. The fraction of sp³-hybridized carbons (Fsp3) is 0.231. The van der Waals surface area contributed by atoms with Crippen molar-refractivity contribution in [1.82, 2.24) is 5.32 Å². The Bertz CT molecular complexity index is 524. The minimum atomic E-state index is -0.190. The maximum Gasteiger partial charge on any atom is 0.132 e. The molecule has 0 aliphatic carbocycles. The van der Waals surface area contributed by atoms with Crippen molar-refractivity contribution in [1.29, 1.82) is 0 Å². The number of thiophene rings is 1. The van der Waals surface area contributed by atoms with E-state index in [1.165, 1.54) is 10.9 Å². The van der Waals surface area contributed by atoms with Crippen LogP contribution in [0.4, 0.5) is 4.39 Å². The Morgan fingerprint density at radius 1 is 1.29 bits per heavy atom. The number of hydrogen-bond acceptors (Lipinski definition) is 2. The predicted molar refractivity (Wildman–Crippen MR) is 74.9 cm³/mol. The molecule has 0 fully saturated rings. The molecule has 0 aliphatic rings. The van der Waals surface area contributed by atoms with Crippen molar-refractivity contribution >= 4 is 27.3 Å². The largest absolute Gasteiger partial charge is 0.313 e. The molecule has 4 heteroatoms. The van der Waals surface area contributed by atoms with Crippen molar-refractivity contribution in [3.05, 3.63) is 45.5 Å². The topological polar surface area (TPSA) is 12.0 Å². The number of hydrogen-bond donors (Lipinski definition) is 1. The lowest BCUT2D eigenvalue weighted by molar-refractivity contribution is 0.631. The Morgan fingerprint density at radius 2 is 2.06 bits per heavy atom. The lowest BCUT2D eigenvalue weighted by Crippen LogP contribution is -2.10. The third-order valence-electron chi connectivity index (χ3n) is 2.68. The van der Waals surface area contributed by atoms with E-state index >= 15 is 0 Å². The molecular formula is C13H13BrFNS. The van der Waals surface area contributed by atoms with Crippen LogP contribution in [0.1, 0.15) is 17.8 Å². The van der Waals surface area contributed by atoms with Gasteiger partial charge in [0.05, 0.1) is 0 Å². The highest BCUT2D eigenvalue weighted by atomic mass is 79.9. The van der Waals surface area contributed by atoms with Crippen molar-refractivity contribution in [2.45, 2.75) is 13.0 Å². The van der Waals surface area contributed by atoms with Gasteiger partial charge < -0.3 is 5.32 Å². The molecule has 1 unspecified atom stereocenters. The van der Waals surface area contributed by atoms with Crippen LogP contribution in [0.5, 0.6) is 0 Å². The van der Waals surface area contributed by atoms with Crippen LogP contribution < -0.4 is 5.32 Å². The summed E-state index contributed by atoms with van der Waals surface area (Å²) >= 11 is 4.88. The van der Waals surface area contributed by atoms with Gasteiger partial charge in [0, 0.05) is 25.8 Å². The van der Waals surface area contributed by atoms with Gasteiger partial charge in [0.1, 0.15) is 5.82 Å². The third kappa shape index (κ3) is 2.76. The first kappa shape index (κ1) is 12.7. The average molecular weight is 314 g/mol. The van der Waals surface area contributed by atoms with Crippen molar-refractivity contribution in [2.75, 3.05) is 7.05 Å². The summed E-state index contributed by atoms with van der Waals surface area (Å²) < 4.78 is 14.6. The van der Waals surface area contributed by atoms with Crippen molar-refractivity contribution in [3.63, 3.8) is 0 Å². The smallest absolute Gasteiger partial charge is 0.132 e. The summed E-state index contributed by atoms with van der Waals surface area (Å²) in [4.78, 5) is 2.18. The third-order valence-corrected chi connectivity index (χ3v) is 4.48. The molecule has 0 spiro atoms. The van der Waals surface area contributed by atoms with Crippen LogP contribution >= 0.6 is 27.3 Å². The monoisotopic (exact) mass is 313 g/mol. The lowest BCUT2D eigenvalue weighted by atomic mass is 10.2. The molecule has 2 aromatic rings. The quantitative estimate of drug-likeness (QED) is 0.873. The van der Waals surface area contributed by atoms with Crippen molar-refractivity contribution < 1.29 is 4.39 Å². The summed E-state index contributed by atoms with van der Waals surface area (Å²) in [6.45, 7) is 2.09. The molecule has 0 saturated heterocycles. The molecule has 0 bridgehead atoms. The van der Waals surface area contributed by atoms with Gasteiger partial charge in [0.25, 0.3) is 0 Å². The minimum Gasteiger partial charge on any atom is -0.313 e. The number of benzene rings is 1. The Morgan fingerprint density at radius 3 is 2.71 bits per heavy atom. The lowest BCUT2D eigenvalue weighted by Gasteiger charge is -2.06. The second-order valence-corrected chi connectivity index (χ2v) is 5.87. The molecule has 17 heavy (non-hydrogen) atoms. The van der Waals surface area contributed by atoms with E-state index < -0.39 is 0 Å². The Labute approximate surface area is 113 Å². The van der Waals surface area contributed by atoms with Crippen LogP contribution in [-0.4, -0.2) is 7.05 Å². The highest BCUT2D eigenvalue weighted by Gasteiger charge is 2.11. The zero-order valence-corrected chi connectivity index (χ0v) is 12.0. The normalized spacial score (nSPS) is 12.7. The second-order valence-electron chi connectivity index (χ2n) is 3.84. The van der Waals surface area contributed by atoms with Crippen LogP contribution in [0.25, 0.3) is 10.4 Å². The van der Waals surface area contributed by atoms with Gasteiger partial charge in [-0.3, -0.25) is 0 Å². The molecule has 1 atom stereocenters. The highest BCUT2D eigenvalue weighted by Crippen LogP contribution is 2.33. The molecule has 1 aromatic carbocycles. The van der Waals surface area contributed by atoms with E-state index in [4.69, 9.17) is 0 Å². The first-order valence-electron chi connectivity index (χ1n) is 5.34. The first-order valence-corrected chi connectivity index (χ1v) is 6.95.